The van der Waals surface area contributed by atoms with Crippen LogP contribution in [-0.2, 0) is 22.9 Å². The monoisotopic (exact) mass is 841 g/mol. The number of halogens is 1. The van der Waals surface area contributed by atoms with Gasteiger partial charge in [-0.3, -0.25) is 0 Å². The number of hydrogen-bond donors (Lipinski definition) is 1. The topological polar surface area (TPSA) is 80.1 Å². The van der Waals surface area contributed by atoms with Crippen LogP contribution in [0.15, 0.2) is 97.1 Å². The summed E-state index contributed by atoms with van der Waals surface area (Å²) in [5.74, 6) is 0. The molecule has 2 heterocycles. The van der Waals surface area contributed by atoms with Crippen molar-refractivity contribution in [1.29, 1.82) is 0 Å². The molecule has 0 aliphatic rings. The molecule has 0 bridgehead atoms. The fourth-order valence-electron chi connectivity index (χ4n) is 5.37. The van der Waals surface area contributed by atoms with Gasteiger partial charge in [0.15, 0.2) is 0 Å². The molecule has 0 aliphatic carbocycles. The van der Waals surface area contributed by atoms with Crippen molar-refractivity contribution in [3.8, 4) is 0 Å². The van der Waals surface area contributed by atoms with Crippen LogP contribution in [-0.4, -0.2) is 48.9 Å². The molecule has 0 saturated carbocycles. The second-order valence-electron chi connectivity index (χ2n) is 15.4. The molecule has 4 aromatic carbocycles. The highest BCUT2D eigenvalue weighted by molar-refractivity contribution is 14.1. The zero-order valence-electron chi connectivity index (χ0n) is 31.4. The van der Waals surface area contributed by atoms with E-state index in [2.05, 4.69) is 123 Å². The molecule has 6 rings (SSSR count). The molecule has 10 heteroatoms. The van der Waals surface area contributed by atoms with E-state index in [1.807, 2.05) is 70.0 Å². The van der Waals surface area contributed by atoms with Gasteiger partial charge in [0.25, 0.3) is 0 Å². The third-order valence-corrected chi connectivity index (χ3v) is 12.5. The third-order valence-electron chi connectivity index (χ3n) is 8.43. The van der Waals surface area contributed by atoms with Crippen molar-refractivity contribution in [2.45, 2.75) is 64.8 Å². The Hall–Kier alpha value is -3.82. The summed E-state index contributed by atoms with van der Waals surface area (Å²) in [5, 5.41) is 11.8. The minimum Gasteiger partial charge on any atom is -0.399 e. The molecule has 52 heavy (non-hydrogen) atoms. The van der Waals surface area contributed by atoms with Crippen LogP contribution >= 0.6 is 22.6 Å². The van der Waals surface area contributed by atoms with Crippen molar-refractivity contribution in [3.63, 3.8) is 0 Å². The third kappa shape index (κ3) is 12.1. The maximum atomic E-state index is 5.98. The first-order valence-electron chi connectivity index (χ1n) is 17.9. The molecule has 2 aromatic heterocycles. The highest BCUT2D eigenvalue weighted by Crippen LogP contribution is 2.25. The maximum absolute atomic E-state index is 5.98. The van der Waals surface area contributed by atoms with E-state index in [9.17, 15) is 0 Å². The number of nitrogens with two attached hydrogens (primary N) is 1. The second kappa shape index (κ2) is 18.3. The molecular weight excluding hydrogens is 790 g/mol. The average Bonchev–Trinajstić information content (AvgIpc) is 3.63. The smallest absolute Gasteiger partial charge is 0.140 e. The SMILES string of the molecule is C[Si](C)(C)CCOCn1nc(/C=C/c2ccccc2)c2ccc(I)cc21.C[Si](C)(C)CCOCn1nc(/C=C/c2ccccc2)c2ccc(N)cc21. The van der Waals surface area contributed by atoms with Crippen molar-refractivity contribution in [1.82, 2.24) is 19.6 Å². The van der Waals surface area contributed by atoms with Crippen molar-refractivity contribution < 1.29 is 9.47 Å². The molecule has 0 radical (unpaired) electrons. The first kappa shape index (κ1) is 39.4. The Balaban J connectivity index is 0.000000201. The Bertz CT molecular complexity index is 1940. The maximum Gasteiger partial charge on any atom is 0.140 e. The molecule has 0 fully saturated rings. The highest BCUT2D eigenvalue weighted by Gasteiger charge is 2.15. The molecule has 0 amide bonds. The molecular formula is C42H52IN5O2Si2. The van der Waals surface area contributed by atoms with Crippen LogP contribution in [0.5, 0.6) is 0 Å². The summed E-state index contributed by atoms with van der Waals surface area (Å²) in [4.78, 5) is 0. The number of ether oxygens (including phenoxy) is 2. The van der Waals surface area contributed by atoms with E-state index in [1.54, 1.807) is 0 Å². The summed E-state index contributed by atoms with van der Waals surface area (Å²) in [6, 6.07) is 35.2. The number of nitrogens with zero attached hydrogens (tertiary/aromatic N) is 4. The number of nitrogen functional groups attached to an aromatic ring is 1. The molecule has 2 N–H and O–H groups in total. The van der Waals surface area contributed by atoms with Crippen LogP contribution in [0, 0.1) is 3.57 Å². The van der Waals surface area contributed by atoms with Crippen LogP contribution in [0.3, 0.4) is 0 Å². The number of aromatic nitrogens is 4. The lowest BCUT2D eigenvalue weighted by Gasteiger charge is -2.15. The fraction of sp³-hybridized carbons (Fsp3) is 0.286. The Kier molecular flexibility index (Phi) is 13.9. The van der Waals surface area contributed by atoms with Gasteiger partial charge in [-0.15, -0.1) is 0 Å². The zero-order valence-corrected chi connectivity index (χ0v) is 35.5. The van der Waals surface area contributed by atoms with Gasteiger partial charge in [-0.2, -0.15) is 10.2 Å². The van der Waals surface area contributed by atoms with Crippen molar-refractivity contribution in [2.75, 3.05) is 18.9 Å². The van der Waals surface area contributed by atoms with E-state index < -0.39 is 16.1 Å². The lowest BCUT2D eigenvalue weighted by Crippen LogP contribution is -2.22. The van der Waals surface area contributed by atoms with Gasteiger partial charge in [0.1, 0.15) is 13.5 Å². The summed E-state index contributed by atoms with van der Waals surface area (Å²) in [7, 11) is -2.16. The van der Waals surface area contributed by atoms with Gasteiger partial charge in [0.2, 0.25) is 0 Å². The molecule has 0 spiro atoms. The molecule has 0 atom stereocenters. The van der Waals surface area contributed by atoms with Gasteiger partial charge in [-0.25, -0.2) is 9.36 Å². The lowest BCUT2D eigenvalue weighted by molar-refractivity contribution is 0.0815. The van der Waals surface area contributed by atoms with E-state index in [0.717, 1.165) is 63.7 Å². The number of rotatable bonds is 14. The van der Waals surface area contributed by atoms with Crippen molar-refractivity contribution >= 4 is 90.5 Å². The van der Waals surface area contributed by atoms with Crippen molar-refractivity contribution in [2.24, 2.45) is 0 Å². The molecule has 6 aromatic rings. The Labute approximate surface area is 324 Å². The molecule has 0 unspecified atom stereocenters. The number of hydrogen-bond acceptors (Lipinski definition) is 5. The van der Waals surface area contributed by atoms with Crippen LogP contribution in [0.1, 0.15) is 22.5 Å². The fourth-order valence-corrected chi connectivity index (χ4v) is 7.36. The summed E-state index contributed by atoms with van der Waals surface area (Å²) in [6.07, 6.45) is 8.32. The van der Waals surface area contributed by atoms with Crippen molar-refractivity contribution in [3.05, 3.63) is 123 Å². The Morgan fingerprint density at radius 1 is 0.596 bits per heavy atom. The predicted octanol–water partition coefficient (Wildman–Crippen LogP) is 11.2. The van der Waals surface area contributed by atoms with Crippen LogP contribution in [0.25, 0.3) is 46.1 Å². The largest absolute Gasteiger partial charge is 0.399 e. The molecule has 0 aliphatic heterocycles. The Morgan fingerprint density at radius 3 is 1.50 bits per heavy atom. The first-order chi connectivity index (χ1) is 24.8. The van der Waals surface area contributed by atoms with Gasteiger partial charge in [-0.05, 0) is 94.4 Å². The summed E-state index contributed by atoms with van der Waals surface area (Å²) in [5.41, 5.74) is 13.1. The van der Waals surface area contributed by atoms with Gasteiger partial charge in [-0.1, -0.05) is 112 Å². The molecule has 7 nitrogen and oxygen atoms in total. The predicted molar refractivity (Wildman–Crippen MR) is 236 cm³/mol. The van der Waals surface area contributed by atoms with Gasteiger partial charge in [0.05, 0.1) is 22.4 Å². The minimum atomic E-state index is -1.09. The summed E-state index contributed by atoms with van der Waals surface area (Å²) >= 11 is 2.35. The lowest BCUT2D eigenvalue weighted by atomic mass is 10.1. The number of anilines is 1. The molecule has 272 valence electrons. The van der Waals surface area contributed by atoms with E-state index in [4.69, 9.17) is 25.4 Å². The van der Waals surface area contributed by atoms with Gasteiger partial charge < -0.3 is 15.2 Å². The van der Waals surface area contributed by atoms with Crippen LogP contribution < -0.4 is 5.73 Å². The second-order valence-corrected chi connectivity index (χ2v) is 27.9. The quantitative estimate of drug-likeness (QED) is 0.0511. The zero-order chi connectivity index (χ0) is 37.1. The molecule has 0 saturated heterocycles. The first-order valence-corrected chi connectivity index (χ1v) is 26.4. The van der Waals surface area contributed by atoms with Gasteiger partial charge >= 0.3 is 0 Å². The van der Waals surface area contributed by atoms with Gasteiger partial charge in [0, 0.05) is 49.4 Å². The van der Waals surface area contributed by atoms with E-state index in [0.29, 0.717) is 13.5 Å². The summed E-state index contributed by atoms with van der Waals surface area (Å²) in [6.45, 7) is 16.7. The average molecular weight is 842 g/mol. The normalized spacial score (nSPS) is 12.3. The van der Waals surface area contributed by atoms with Crippen LogP contribution in [0.4, 0.5) is 5.69 Å². The summed E-state index contributed by atoms with van der Waals surface area (Å²) < 4.78 is 16.9. The van der Waals surface area contributed by atoms with E-state index in [-0.39, 0.29) is 0 Å². The number of benzene rings is 4. The van der Waals surface area contributed by atoms with E-state index >= 15 is 0 Å². The van der Waals surface area contributed by atoms with Crippen LogP contribution in [0.2, 0.25) is 51.4 Å². The standard InChI is InChI=1S/C21H25IN2OSi.C21H27N3OSi/c2*1-26(2,3)14-13-25-16-24-21-15-18(22)10-11-19(21)20(23-24)12-9-17-7-5-4-6-8-17/h4-12,15H,13-14,16H2,1-3H3;4-12,15H,13-14,16,22H2,1-3H3/b2*12-9+. The minimum absolute atomic E-state index is 0.448. The number of fused-ring (bicyclic) bond motifs is 2. The Morgan fingerprint density at radius 2 is 1.04 bits per heavy atom. The van der Waals surface area contributed by atoms with E-state index in [1.165, 1.54) is 15.2 Å². The highest BCUT2D eigenvalue weighted by atomic mass is 127.